The number of imide groups is 1. The highest BCUT2D eigenvalue weighted by Gasteiger charge is 2.44. The zero-order valence-corrected chi connectivity index (χ0v) is 16.7. The number of anilines is 2. The predicted octanol–water partition coefficient (Wildman–Crippen LogP) is 2.16. The third-order valence-electron chi connectivity index (χ3n) is 5.63. The number of carbonyl (C=O) groups excluding carboxylic acids is 2. The molecule has 2 fully saturated rings. The van der Waals surface area contributed by atoms with E-state index in [2.05, 4.69) is 9.80 Å². The lowest BCUT2D eigenvalue weighted by atomic mass is 10.1. The molecule has 7 heteroatoms. The first-order chi connectivity index (χ1) is 14.1. The van der Waals surface area contributed by atoms with E-state index in [1.54, 1.807) is 32.4 Å². The van der Waals surface area contributed by atoms with Gasteiger partial charge in [-0.3, -0.25) is 14.5 Å². The van der Waals surface area contributed by atoms with E-state index >= 15 is 0 Å². The number of para-hydroxylation sites is 4. The predicted molar refractivity (Wildman–Crippen MR) is 111 cm³/mol. The van der Waals surface area contributed by atoms with Gasteiger partial charge < -0.3 is 14.4 Å². The summed E-state index contributed by atoms with van der Waals surface area (Å²) in [5.74, 6) is 1.01. The van der Waals surface area contributed by atoms with Gasteiger partial charge in [0.05, 0.1) is 38.1 Å². The number of ether oxygens (including phenoxy) is 2. The Morgan fingerprint density at radius 1 is 0.793 bits per heavy atom. The Hall–Kier alpha value is -3.06. The lowest BCUT2D eigenvalue weighted by molar-refractivity contribution is -0.123. The number of piperazine rings is 1. The van der Waals surface area contributed by atoms with Gasteiger partial charge in [0, 0.05) is 26.2 Å². The lowest BCUT2D eigenvalue weighted by Gasteiger charge is -2.38. The van der Waals surface area contributed by atoms with Crippen LogP contribution in [-0.4, -0.2) is 63.2 Å². The number of rotatable bonds is 5. The van der Waals surface area contributed by atoms with Crippen molar-refractivity contribution in [2.75, 3.05) is 50.2 Å². The molecule has 2 amide bonds. The summed E-state index contributed by atoms with van der Waals surface area (Å²) in [6.45, 7) is 2.96. The van der Waals surface area contributed by atoms with Crippen LogP contribution in [0.1, 0.15) is 6.42 Å². The van der Waals surface area contributed by atoms with Crippen LogP contribution in [0.25, 0.3) is 0 Å². The Labute approximate surface area is 170 Å². The summed E-state index contributed by atoms with van der Waals surface area (Å²) in [6.07, 6.45) is 0.200. The Bertz CT molecular complexity index is 908. The highest BCUT2D eigenvalue weighted by Crippen LogP contribution is 2.34. The molecule has 0 radical (unpaired) electrons. The second kappa shape index (κ2) is 8.13. The van der Waals surface area contributed by atoms with E-state index in [4.69, 9.17) is 9.47 Å². The van der Waals surface area contributed by atoms with E-state index in [0.29, 0.717) is 24.5 Å². The van der Waals surface area contributed by atoms with Crippen molar-refractivity contribution in [3.8, 4) is 11.5 Å². The molecule has 2 heterocycles. The average molecular weight is 395 g/mol. The van der Waals surface area contributed by atoms with Crippen LogP contribution in [0.5, 0.6) is 11.5 Å². The summed E-state index contributed by atoms with van der Waals surface area (Å²) in [4.78, 5) is 31.4. The molecule has 0 aliphatic carbocycles. The zero-order chi connectivity index (χ0) is 20.4. The highest BCUT2D eigenvalue weighted by atomic mass is 16.5. The first kappa shape index (κ1) is 19.3. The van der Waals surface area contributed by atoms with Gasteiger partial charge in [-0.25, -0.2) is 4.90 Å². The molecular formula is C22H25N3O4. The molecule has 7 nitrogen and oxygen atoms in total. The molecule has 29 heavy (non-hydrogen) atoms. The summed E-state index contributed by atoms with van der Waals surface area (Å²) < 4.78 is 10.8. The monoisotopic (exact) mass is 395 g/mol. The van der Waals surface area contributed by atoms with E-state index in [-0.39, 0.29) is 18.2 Å². The maximum absolute atomic E-state index is 13.1. The Kier molecular flexibility index (Phi) is 5.40. The zero-order valence-electron chi connectivity index (χ0n) is 16.7. The molecule has 2 aromatic carbocycles. The second-order valence-electron chi connectivity index (χ2n) is 7.15. The Morgan fingerprint density at radius 2 is 1.34 bits per heavy atom. The molecule has 2 aliphatic rings. The number of benzene rings is 2. The van der Waals surface area contributed by atoms with E-state index in [1.165, 1.54) is 4.90 Å². The quantitative estimate of drug-likeness (QED) is 0.723. The van der Waals surface area contributed by atoms with Gasteiger partial charge in [0.2, 0.25) is 5.91 Å². The fraction of sp³-hybridized carbons (Fsp3) is 0.364. The van der Waals surface area contributed by atoms with Crippen LogP contribution in [0.3, 0.4) is 0 Å². The number of hydrogen-bond donors (Lipinski definition) is 0. The van der Waals surface area contributed by atoms with Crippen LogP contribution in [0.15, 0.2) is 48.5 Å². The first-order valence-corrected chi connectivity index (χ1v) is 9.76. The van der Waals surface area contributed by atoms with Crippen molar-refractivity contribution in [1.82, 2.24) is 4.90 Å². The number of hydrogen-bond acceptors (Lipinski definition) is 6. The third-order valence-corrected chi connectivity index (χ3v) is 5.63. The average Bonchev–Trinajstić information content (AvgIpc) is 3.07. The molecule has 2 aromatic rings. The van der Waals surface area contributed by atoms with Crippen molar-refractivity contribution in [2.24, 2.45) is 0 Å². The SMILES string of the molecule is COc1ccccc1N1CCN([C@H]2CC(=O)N(c3ccccc3OC)C2=O)CC1. The molecular weight excluding hydrogens is 370 g/mol. The molecule has 0 saturated carbocycles. The molecule has 0 spiro atoms. The van der Waals surface area contributed by atoms with Gasteiger partial charge in [-0.15, -0.1) is 0 Å². The van der Waals surface area contributed by atoms with Crippen molar-refractivity contribution in [3.63, 3.8) is 0 Å². The molecule has 152 valence electrons. The largest absolute Gasteiger partial charge is 0.495 e. The van der Waals surface area contributed by atoms with Crippen LogP contribution in [-0.2, 0) is 9.59 Å². The second-order valence-corrected chi connectivity index (χ2v) is 7.15. The summed E-state index contributed by atoms with van der Waals surface area (Å²) >= 11 is 0. The van der Waals surface area contributed by atoms with Crippen LogP contribution >= 0.6 is 0 Å². The minimum absolute atomic E-state index is 0.176. The van der Waals surface area contributed by atoms with E-state index in [9.17, 15) is 9.59 Å². The van der Waals surface area contributed by atoms with Gasteiger partial charge in [-0.2, -0.15) is 0 Å². The van der Waals surface area contributed by atoms with Gasteiger partial charge >= 0.3 is 0 Å². The van der Waals surface area contributed by atoms with E-state index in [1.807, 2.05) is 30.3 Å². The molecule has 0 unspecified atom stereocenters. The number of methoxy groups -OCH3 is 2. The fourth-order valence-corrected chi connectivity index (χ4v) is 4.13. The van der Waals surface area contributed by atoms with Crippen molar-refractivity contribution in [3.05, 3.63) is 48.5 Å². The summed E-state index contributed by atoms with van der Waals surface area (Å²) in [5, 5.41) is 0. The van der Waals surface area contributed by atoms with Gasteiger partial charge in [0.1, 0.15) is 11.5 Å². The number of amides is 2. The lowest BCUT2D eigenvalue weighted by Crippen LogP contribution is -2.52. The maximum atomic E-state index is 13.1. The highest BCUT2D eigenvalue weighted by molar-refractivity contribution is 6.23. The third kappa shape index (κ3) is 3.53. The minimum atomic E-state index is -0.424. The Morgan fingerprint density at radius 3 is 1.97 bits per heavy atom. The van der Waals surface area contributed by atoms with E-state index in [0.717, 1.165) is 24.5 Å². The van der Waals surface area contributed by atoms with Crippen molar-refractivity contribution in [1.29, 1.82) is 0 Å². The summed E-state index contributed by atoms with van der Waals surface area (Å²) in [6, 6.07) is 14.6. The molecule has 0 bridgehead atoms. The first-order valence-electron chi connectivity index (χ1n) is 9.76. The molecule has 1 atom stereocenters. The summed E-state index contributed by atoms with van der Waals surface area (Å²) in [7, 11) is 3.21. The van der Waals surface area contributed by atoms with Crippen LogP contribution in [0, 0.1) is 0 Å². The maximum Gasteiger partial charge on any atom is 0.251 e. The minimum Gasteiger partial charge on any atom is -0.495 e. The van der Waals surface area contributed by atoms with Crippen LogP contribution in [0.2, 0.25) is 0 Å². The van der Waals surface area contributed by atoms with Crippen molar-refractivity contribution < 1.29 is 19.1 Å². The molecule has 4 rings (SSSR count). The van der Waals surface area contributed by atoms with Crippen LogP contribution < -0.4 is 19.3 Å². The molecule has 2 saturated heterocycles. The van der Waals surface area contributed by atoms with Crippen molar-refractivity contribution in [2.45, 2.75) is 12.5 Å². The van der Waals surface area contributed by atoms with Gasteiger partial charge in [-0.1, -0.05) is 24.3 Å². The molecule has 2 aliphatic heterocycles. The normalized spacial score (nSPS) is 20.3. The number of carbonyl (C=O) groups is 2. The Balaban J connectivity index is 1.47. The molecule has 0 N–H and O–H groups in total. The molecule has 0 aromatic heterocycles. The summed E-state index contributed by atoms with van der Waals surface area (Å²) in [5.41, 5.74) is 1.57. The fourth-order valence-electron chi connectivity index (χ4n) is 4.13. The smallest absolute Gasteiger partial charge is 0.251 e. The topological polar surface area (TPSA) is 62.3 Å². The van der Waals surface area contributed by atoms with Gasteiger partial charge in [0.15, 0.2) is 0 Å². The van der Waals surface area contributed by atoms with Gasteiger partial charge in [-0.05, 0) is 24.3 Å². The van der Waals surface area contributed by atoms with Gasteiger partial charge in [0.25, 0.3) is 5.91 Å². The standard InChI is InChI=1S/C22H25N3O4/c1-28-19-9-5-3-7-16(19)23-11-13-24(14-12-23)18-15-21(26)25(22(18)27)17-8-4-6-10-20(17)29-2/h3-10,18H,11-15H2,1-2H3/t18-/m0/s1. The van der Waals surface area contributed by atoms with E-state index < -0.39 is 6.04 Å². The van der Waals surface area contributed by atoms with Crippen molar-refractivity contribution >= 4 is 23.2 Å². The number of nitrogens with zero attached hydrogens (tertiary/aromatic N) is 3. The van der Waals surface area contributed by atoms with Crippen LogP contribution in [0.4, 0.5) is 11.4 Å².